The first-order chi connectivity index (χ1) is 5.99. The molecule has 2 heteroatoms. The summed E-state index contributed by atoms with van der Waals surface area (Å²) in [6, 6.07) is 0. The molecule has 0 aromatic rings. The van der Waals surface area contributed by atoms with Crippen LogP contribution in [0.5, 0.6) is 0 Å². The van der Waals surface area contributed by atoms with Crippen LogP contribution in [0.15, 0.2) is 25.3 Å². The van der Waals surface area contributed by atoms with Gasteiger partial charge in [0.05, 0.1) is 0 Å². The molecule has 76 valence electrons. The Balaban J connectivity index is 3.80. The van der Waals surface area contributed by atoms with E-state index in [0.29, 0.717) is 5.92 Å². The van der Waals surface area contributed by atoms with Crippen molar-refractivity contribution < 1.29 is 4.43 Å². The molecule has 0 bridgehead atoms. The van der Waals surface area contributed by atoms with Crippen LogP contribution in [-0.4, -0.2) is 14.9 Å². The summed E-state index contributed by atoms with van der Waals surface area (Å²) in [5, 5.41) is 0. The average molecular weight is 198 g/mol. The van der Waals surface area contributed by atoms with Crippen LogP contribution in [0.4, 0.5) is 0 Å². The van der Waals surface area contributed by atoms with Crippen molar-refractivity contribution in [3.63, 3.8) is 0 Å². The third-order valence-corrected chi connectivity index (χ3v) is 2.78. The fraction of sp³-hybridized carbons (Fsp3) is 0.636. The molecule has 0 aromatic heterocycles. The van der Waals surface area contributed by atoms with Gasteiger partial charge in [-0.05, 0) is 38.4 Å². The monoisotopic (exact) mass is 198 g/mol. The molecule has 0 aliphatic heterocycles. The van der Waals surface area contributed by atoms with Crippen molar-refractivity contribution in [2.75, 3.05) is 6.61 Å². The summed E-state index contributed by atoms with van der Waals surface area (Å²) in [4.78, 5) is 0. The van der Waals surface area contributed by atoms with E-state index in [1.54, 1.807) is 0 Å². The Morgan fingerprint density at radius 1 is 1.15 bits per heavy atom. The molecule has 0 atom stereocenters. The SMILES string of the molecule is C=CCC(CC=C)CO[Si](C)(C)C. The van der Waals surface area contributed by atoms with Gasteiger partial charge in [0.2, 0.25) is 0 Å². The van der Waals surface area contributed by atoms with Crippen molar-refractivity contribution in [2.45, 2.75) is 32.5 Å². The molecule has 0 N–H and O–H groups in total. The fourth-order valence-corrected chi connectivity index (χ4v) is 1.81. The van der Waals surface area contributed by atoms with E-state index in [0.717, 1.165) is 19.4 Å². The van der Waals surface area contributed by atoms with Gasteiger partial charge >= 0.3 is 0 Å². The maximum atomic E-state index is 5.84. The van der Waals surface area contributed by atoms with Crippen LogP contribution in [0.3, 0.4) is 0 Å². The minimum Gasteiger partial charge on any atom is -0.417 e. The van der Waals surface area contributed by atoms with Crippen LogP contribution in [-0.2, 0) is 4.43 Å². The third kappa shape index (κ3) is 8.00. The van der Waals surface area contributed by atoms with Crippen LogP contribution in [0.2, 0.25) is 19.6 Å². The predicted octanol–water partition coefficient (Wildman–Crippen LogP) is 3.61. The minimum atomic E-state index is -1.35. The Labute approximate surface area is 83.6 Å². The van der Waals surface area contributed by atoms with Gasteiger partial charge in [-0.2, -0.15) is 0 Å². The highest BCUT2D eigenvalue weighted by atomic mass is 28.4. The molecule has 0 spiro atoms. The molecule has 13 heavy (non-hydrogen) atoms. The van der Waals surface area contributed by atoms with Crippen LogP contribution in [0, 0.1) is 5.92 Å². The van der Waals surface area contributed by atoms with E-state index >= 15 is 0 Å². The second-order valence-corrected chi connectivity index (χ2v) is 8.85. The number of hydrogen-bond acceptors (Lipinski definition) is 1. The maximum absolute atomic E-state index is 5.84. The third-order valence-electron chi connectivity index (χ3n) is 1.75. The van der Waals surface area contributed by atoms with E-state index in [9.17, 15) is 0 Å². The first-order valence-corrected chi connectivity index (χ1v) is 8.26. The number of allylic oxidation sites excluding steroid dienone is 2. The molecule has 0 aromatic carbocycles. The second kappa shape index (κ2) is 6.16. The lowest BCUT2D eigenvalue weighted by molar-refractivity contribution is 0.245. The first-order valence-electron chi connectivity index (χ1n) is 4.85. The van der Waals surface area contributed by atoms with Gasteiger partial charge in [-0.3, -0.25) is 0 Å². The van der Waals surface area contributed by atoms with Crippen molar-refractivity contribution in [3.05, 3.63) is 25.3 Å². The zero-order valence-electron chi connectivity index (χ0n) is 9.18. The number of hydrogen-bond donors (Lipinski definition) is 0. The topological polar surface area (TPSA) is 9.23 Å². The van der Waals surface area contributed by atoms with E-state index in [1.165, 1.54) is 0 Å². The van der Waals surface area contributed by atoms with E-state index in [1.807, 2.05) is 12.2 Å². The summed E-state index contributed by atoms with van der Waals surface area (Å²) in [7, 11) is -1.35. The van der Waals surface area contributed by atoms with E-state index in [-0.39, 0.29) is 0 Å². The summed E-state index contributed by atoms with van der Waals surface area (Å²) in [5.41, 5.74) is 0. The molecule has 0 saturated heterocycles. The normalized spacial score (nSPS) is 11.7. The molecule has 1 nitrogen and oxygen atoms in total. The van der Waals surface area contributed by atoms with E-state index in [4.69, 9.17) is 4.43 Å². The fourth-order valence-electron chi connectivity index (χ4n) is 1.07. The lowest BCUT2D eigenvalue weighted by Gasteiger charge is -2.21. The highest BCUT2D eigenvalue weighted by Crippen LogP contribution is 2.13. The van der Waals surface area contributed by atoms with Gasteiger partial charge in [0.15, 0.2) is 8.32 Å². The Kier molecular flexibility index (Phi) is 6.00. The average Bonchev–Trinajstić information content (AvgIpc) is 2.00. The Bertz CT molecular complexity index is 148. The summed E-state index contributed by atoms with van der Waals surface area (Å²) >= 11 is 0. The van der Waals surface area contributed by atoms with Gasteiger partial charge in [-0.15, -0.1) is 13.2 Å². The molecule has 0 amide bonds. The van der Waals surface area contributed by atoms with Crippen LogP contribution in [0.25, 0.3) is 0 Å². The first kappa shape index (κ1) is 12.7. The summed E-state index contributed by atoms with van der Waals surface area (Å²) in [5.74, 6) is 0.571. The molecule has 0 fully saturated rings. The van der Waals surface area contributed by atoms with Crippen molar-refractivity contribution >= 4 is 8.32 Å². The lowest BCUT2D eigenvalue weighted by Crippen LogP contribution is -2.28. The van der Waals surface area contributed by atoms with Crippen molar-refractivity contribution in [1.29, 1.82) is 0 Å². The van der Waals surface area contributed by atoms with Gasteiger partial charge < -0.3 is 4.43 Å². The van der Waals surface area contributed by atoms with E-state index < -0.39 is 8.32 Å². The zero-order chi connectivity index (χ0) is 10.3. The molecule has 0 rings (SSSR count). The summed E-state index contributed by atoms with van der Waals surface area (Å²) in [6.07, 6.45) is 5.97. The molecular formula is C11H22OSi. The quantitative estimate of drug-likeness (QED) is 0.448. The van der Waals surface area contributed by atoms with Crippen molar-refractivity contribution in [2.24, 2.45) is 5.92 Å². The van der Waals surface area contributed by atoms with Crippen LogP contribution < -0.4 is 0 Å². The lowest BCUT2D eigenvalue weighted by atomic mass is 10.0. The maximum Gasteiger partial charge on any atom is 0.183 e. The molecule has 0 saturated carbocycles. The molecule has 0 heterocycles. The molecule has 0 radical (unpaired) electrons. The highest BCUT2D eigenvalue weighted by Gasteiger charge is 2.16. The van der Waals surface area contributed by atoms with E-state index in [2.05, 4.69) is 32.8 Å². The Morgan fingerprint density at radius 2 is 1.62 bits per heavy atom. The molecule has 0 unspecified atom stereocenters. The minimum absolute atomic E-state index is 0.571. The molecule has 0 aliphatic carbocycles. The van der Waals surface area contributed by atoms with Gasteiger partial charge in [-0.25, -0.2) is 0 Å². The van der Waals surface area contributed by atoms with Crippen molar-refractivity contribution in [1.82, 2.24) is 0 Å². The van der Waals surface area contributed by atoms with Crippen molar-refractivity contribution in [3.8, 4) is 0 Å². The largest absolute Gasteiger partial charge is 0.417 e. The predicted molar refractivity (Wildman–Crippen MR) is 62.4 cm³/mol. The highest BCUT2D eigenvalue weighted by molar-refractivity contribution is 6.69. The summed E-state index contributed by atoms with van der Waals surface area (Å²) in [6.45, 7) is 15.0. The summed E-state index contributed by atoms with van der Waals surface area (Å²) < 4.78 is 5.84. The smallest absolute Gasteiger partial charge is 0.183 e. The van der Waals surface area contributed by atoms with Gasteiger partial charge in [0.1, 0.15) is 0 Å². The second-order valence-electron chi connectivity index (χ2n) is 4.34. The zero-order valence-corrected chi connectivity index (χ0v) is 10.2. The van der Waals surface area contributed by atoms with Crippen LogP contribution in [0.1, 0.15) is 12.8 Å². The van der Waals surface area contributed by atoms with Gasteiger partial charge in [0, 0.05) is 6.61 Å². The number of rotatable bonds is 7. The Hall–Kier alpha value is -0.343. The van der Waals surface area contributed by atoms with Gasteiger partial charge in [0.25, 0.3) is 0 Å². The standard InChI is InChI=1S/C11H22OSi/c1-6-8-11(9-7-2)10-12-13(3,4)5/h6-7,11H,1-2,8-10H2,3-5H3. The molecular weight excluding hydrogens is 176 g/mol. The Morgan fingerprint density at radius 3 is 1.92 bits per heavy atom. The van der Waals surface area contributed by atoms with Crippen LogP contribution >= 0.6 is 0 Å². The molecule has 0 aliphatic rings. The van der Waals surface area contributed by atoms with Gasteiger partial charge in [-0.1, -0.05) is 12.2 Å².